The van der Waals surface area contributed by atoms with E-state index >= 15 is 0 Å². The molecule has 128 valence electrons. The molecule has 7 heteroatoms. The summed E-state index contributed by atoms with van der Waals surface area (Å²) in [5.41, 5.74) is -0.448. The van der Waals surface area contributed by atoms with Crippen LogP contribution >= 0.6 is 11.6 Å². The second-order valence-electron chi connectivity index (χ2n) is 6.02. The Morgan fingerprint density at radius 3 is 2.80 bits per heavy atom. The topological polar surface area (TPSA) is 58.6 Å². The number of hydrogen-bond donors (Lipinski definition) is 1. The van der Waals surface area contributed by atoms with Crippen molar-refractivity contribution in [2.24, 2.45) is 0 Å². The molecular formula is C18H14ClFN2O3. The smallest absolute Gasteiger partial charge is 0.325 e. The molecule has 0 saturated carbocycles. The van der Waals surface area contributed by atoms with E-state index < -0.39 is 23.3 Å². The van der Waals surface area contributed by atoms with Crippen LogP contribution in [0.3, 0.4) is 0 Å². The molecule has 2 aromatic rings. The fraction of sp³-hybridized carbons (Fsp3) is 0.222. The van der Waals surface area contributed by atoms with Crippen molar-refractivity contribution in [1.29, 1.82) is 0 Å². The molecule has 3 amide bonds. The third-order valence-corrected chi connectivity index (χ3v) is 4.99. The van der Waals surface area contributed by atoms with E-state index in [9.17, 15) is 14.0 Å². The van der Waals surface area contributed by atoms with Crippen LogP contribution in [-0.2, 0) is 16.9 Å². The summed E-state index contributed by atoms with van der Waals surface area (Å²) in [7, 11) is 0. The van der Waals surface area contributed by atoms with Gasteiger partial charge >= 0.3 is 6.03 Å². The third-order valence-electron chi connectivity index (χ3n) is 4.64. The van der Waals surface area contributed by atoms with Gasteiger partial charge in [0.2, 0.25) is 0 Å². The minimum atomic E-state index is -1.18. The van der Waals surface area contributed by atoms with E-state index in [-0.39, 0.29) is 17.1 Å². The Hall–Kier alpha value is -2.60. The first-order chi connectivity index (χ1) is 12.0. The van der Waals surface area contributed by atoms with Crippen molar-refractivity contribution in [1.82, 2.24) is 10.2 Å². The number of hydrogen-bond acceptors (Lipinski definition) is 3. The highest BCUT2D eigenvalue weighted by molar-refractivity contribution is 6.31. The molecule has 5 nitrogen and oxygen atoms in total. The zero-order valence-electron chi connectivity index (χ0n) is 13.1. The maximum atomic E-state index is 14.1. The van der Waals surface area contributed by atoms with Crippen LogP contribution in [0, 0.1) is 5.82 Å². The molecule has 1 N–H and O–H groups in total. The predicted molar refractivity (Wildman–Crippen MR) is 88.7 cm³/mol. The number of amides is 3. The first kappa shape index (κ1) is 15.9. The summed E-state index contributed by atoms with van der Waals surface area (Å²) >= 11 is 6.03. The predicted octanol–water partition coefficient (Wildman–Crippen LogP) is 3.21. The molecule has 1 saturated heterocycles. The lowest BCUT2D eigenvalue weighted by Crippen LogP contribution is -2.47. The largest absolute Gasteiger partial charge is 0.493 e. The molecule has 1 atom stereocenters. The van der Waals surface area contributed by atoms with Crippen molar-refractivity contribution in [2.75, 3.05) is 6.61 Å². The normalized spacial score (nSPS) is 21.9. The first-order valence-corrected chi connectivity index (χ1v) is 8.20. The number of imide groups is 1. The molecule has 2 aliphatic rings. The Labute approximate surface area is 148 Å². The van der Waals surface area contributed by atoms with Gasteiger partial charge in [0.25, 0.3) is 5.91 Å². The van der Waals surface area contributed by atoms with E-state index in [2.05, 4.69) is 5.32 Å². The van der Waals surface area contributed by atoms with Crippen LogP contribution < -0.4 is 10.1 Å². The van der Waals surface area contributed by atoms with Gasteiger partial charge in [-0.15, -0.1) is 0 Å². The molecule has 0 bridgehead atoms. The van der Waals surface area contributed by atoms with E-state index in [1.54, 1.807) is 24.3 Å². The molecule has 1 unspecified atom stereocenters. The summed E-state index contributed by atoms with van der Waals surface area (Å²) < 4.78 is 19.6. The quantitative estimate of drug-likeness (QED) is 0.837. The standard InChI is InChI=1S/C18H14ClFN2O3/c19-13-5-3-6-14(20)11(13)10-22-16(23)18(21-17(22)24)8-9-25-15-7-2-1-4-12(15)18/h1-7H,8-10H2,(H,21,24). The van der Waals surface area contributed by atoms with Crippen LogP contribution in [0.15, 0.2) is 42.5 Å². The van der Waals surface area contributed by atoms with Crippen LogP contribution in [0.1, 0.15) is 17.5 Å². The lowest BCUT2D eigenvalue weighted by Gasteiger charge is -2.33. The van der Waals surface area contributed by atoms with E-state index in [1.165, 1.54) is 18.2 Å². The molecule has 0 aliphatic carbocycles. The molecule has 1 spiro atoms. The fourth-order valence-electron chi connectivity index (χ4n) is 3.36. The number of para-hydroxylation sites is 1. The maximum absolute atomic E-state index is 14.1. The average molecular weight is 361 g/mol. The van der Waals surface area contributed by atoms with Crippen molar-refractivity contribution in [2.45, 2.75) is 18.5 Å². The van der Waals surface area contributed by atoms with Gasteiger partial charge in [-0.25, -0.2) is 9.18 Å². The molecular weight excluding hydrogens is 347 g/mol. The summed E-state index contributed by atoms with van der Waals surface area (Å²) in [6.07, 6.45) is 0.316. The van der Waals surface area contributed by atoms with Crippen molar-refractivity contribution in [3.63, 3.8) is 0 Å². The minimum absolute atomic E-state index is 0.116. The number of ether oxygens (including phenoxy) is 1. The van der Waals surface area contributed by atoms with Crippen molar-refractivity contribution >= 4 is 23.5 Å². The number of nitrogens with one attached hydrogen (secondary N) is 1. The third kappa shape index (κ3) is 2.36. The number of benzene rings is 2. The molecule has 4 rings (SSSR count). The summed E-state index contributed by atoms with van der Waals surface area (Å²) in [5, 5.41) is 2.95. The van der Waals surface area contributed by atoms with E-state index in [1.807, 2.05) is 0 Å². The lowest BCUT2D eigenvalue weighted by molar-refractivity contribution is -0.133. The van der Waals surface area contributed by atoms with Crippen molar-refractivity contribution < 1.29 is 18.7 Å². The number of fused-ring (bicyclic) bond motifs is 2. The van der Waals surface area contributed by atoms with Crippen LogP contribution in [0.5, 0.6) is 5.75 Å². The summed E-state index contributed by atoms with van der Waals surface area (Å²) in [5.74, 6) is -0.415. The van der Waals surface area contributed by atoms with Crippen LogP contribution in [-0.4, -0.2) is 23.4 Å². The van der Waals surface area contributed by atoms with E-state index in [0.717, 1.165) is 4.90 Å². The van der Waals surface area contributed by atoms with Gasteiger partial charge in [0.15, 0.2) is 5.54 Å². The molecule has 2 aliphatic heterocycles. The van der Waals surface area contributed by atoms with Crippen molar-refractivity contribution in [3.8, 4) is 5.75 Å². The van der Waals surface area contributed by atoms with E-state index in [0.29, 0.717) is 24.3 Å². The van der Waals surface area contributed by atoms with Crippen LogP contribution in [0.4, 0.5) is 9.18 Å². The number of carbonyl (C=O) groups is 2. The molecule has 2 aromatic carbocycles. The summed E-state index contributed by atoms with van der Waals surface area (Å²) in [4.78, 5) is 26.6. The summed E-state index contributed by atoms with van der Waals surface area (Å²) in [6, 6.07) is 10.8. The number of rotatable bonds is 2. The highest BCUT2D eigenvalue weighted by atomic mass is 35.5. The second kappa shape index (κ2) is 5.74. The number of halogens is 2. The highest BCUT2D eigenvalue weighted by Crippen LogP contribution is 2.41. The zero-order chi connectivity index (χ0) is 17.6. The zero-order valence-corrected chi connectivity index (χ0v) is 13.8. The minimum Gasteiger partial charge on any atom is -0.493 e. The Morgan fingerprint density at radius 2 is 2.00 bits per heavy atom. The van der Waals surface area contributed by atoms with E-state index in [4.69, 9.17) is 16.3 Å². The lowest BCUT2D eigenvalue weighted by atomic mass is 9.84. The first-order valence-electron chi connectivity index (χ1n) is 7.82. The number of urea groups is 1. The van der Waals surface area contributed by atoms with Gasteiger partial charge in [0.05, 0.1) is 13.2 Å². The average Bonchev–Trinajstić information content (AvgIpc) is 2.83. The Bertz CT molecular complexity index is 868. The molecule has 25 heavy (non-hydrogen) atoms. The molecule has 1 fully saturated rings. The highest BCUT2D eigenvalue weighted by Gasteiger charge is 2.54. The number of carbonyl (C=O) groups excluding carboxylic acids is 2. The fourth-order valence-corrected chi connectivity index (χ4v) is 3.58. The monoisotopic (exact) mass is 360 g/mol. The number of nitrogens with zero attached hydrogens (tertiary/aromatic N) is 1. The SMILES string of the molecule is O=C1NC2(CCOc3ccccc32)C(=O)N1Cc1c(F)cccc1Cl. The Balaban J connectivity index is 1.73. The van der Waals surface area contributed by atoms with Crippen molar-refractivity contribution in [3.05, 3.63) is 64.4 Å². The van der Waals surface area contributed by atoms with Crippen LogP contribution in [0.2, 0.25) is 5.02 Å². The van der Waals surface area contributed by atoms with Gasteiger partial charge < -0.3 is 10.1 Å². The molecule has 0 aromatic heterocycles. The maximum Gasteiger partial charge on any atom is 0.325 e. The van der Waals surface area contributed by atoms with Gasteiger partial charge in [0, 0.05) is 22.6 Å². The molecule has 0 radical (unpaired) electrons. The van der Waals surface area contributed by atoms with Gasteiger partial charge in [-0.1, -0.05) is 35.9 Å². The van der Waals surface area contributed by atoms with Gasteiger partial charge in [-0.05, 0) is 18.2 Å². The van der Waals surface area contributed by atoms with Gasteiger partial charge in [-0.3, -0.25) is 9.69 Å². The van der Waals surface area contributed by atoms with Gasteiger partial charge in [0.1, 0.15) is 11.6 Å². The Kier molecular flexibility index (Phi) is 3.65. The Morgan fingerprint density at radius 1 is 1.20 bits per heavy atom. The summed E-state index contributed by atoms with van der Waals surface area (Å²) in [6.45, 7) is 0.0816. The van der Waals surface area contributed by atoms with Crippen LogP contribution in [0.25, 0.3) is 0 Å². The van der Waals surface area contributed by atoms with Gasteiger partial charge in [-0.2, -0.15) is 0 Å². The molecule has 2 heterocycles. The second-order valence-corrected chi connectivity index (χ2v) is 6.43.